The smallest absolute Gasteiger partial charge is 0.292 e. The van der Waals surface area contributed by atoms with Gasteiger partial charge in [-0.05, 0) is 31.7 Å². The number of fused-ring (bicyclic) bond motifs is 1. The topological polar surface area (TPSA) is 58.4 Å². The van der Waals surface area contributed by atoms with Crippen molar-refractivity contribution in [1.29, 1.82) is 0 Å². The van der Waals surface area contributed by atoms with Gasteiger partial charge in [0.1, 0.15) is 5.69 Å². The van der Waals surface area contributed by atoms with Crippen molar-refractivity contribution in [3.05, 3.63) is 34.4 Å². The van der Waals surface area contributed by atoms with Crippen LogP contribution in [0.2, 0.25) is 0 Å². The molecule has 5 nitrogen and oxygen atoms in total. The van der Waals surface area contributed by atoms with Gasteiger partial charge in [0.25, 0.3) is 5.69 Å². The van der Waals surface area contributed by atoms with Crippen LogP contribution in [0.15, 0.2) is 24.3 Å². The first-order valence-electron chi connectivity index (χ1n) is 6.73. The van der Waals surface area contributed by atoms with Crippen LogP contribution < -0.4 is 10.2 Å². The van der Waals surface area contributed by atoms with E-state index in [1.807, 2.05) is 12.1 Å². The first kappa shape index (κ1) is 12.4. The molecule has 2 atom stereocenters. The predicted octanol–water partition coefficient (Wildman–Crippen LogP) is 2.03. The molecule has 0 bridgehead atoms. The van der Waals surface area contributed by atoms with Crippen molar-refractivity contribution in [3.63, 3.8) is 0 Å². The predicted molar refractivity (Wildman–Crippen MR) is 74.4 cm³/mol. The van der Waals surface area contributed by atoms with E-state index in [0.29, 0.717) is 11.8 Å². The van der Waals surface area contributed by atoms with Crippen molar-refractivity contribution in [3.8, 4) is 0 Å². The monoisotopic (exact) mass is 261 g/mol. The quantitative estimate of drug-likeness (QED) is 0.653. The standard InChI is InChI=1S/C14H19N3O2/c1-14(2)11-8-15-7-10(11)9-16(14)12-5-3-4-6-13(12)17(18)19/h3-6,10-11,15H,7-9H2,1-2H3. The van der Waals surface area contributed by atoms with Crippen LogP contribution in [0.25, 0.3) is 0 Å². The molecular weight excluding hydrogens is 242 g/mol. The molecule has 0 aliphatic carbocycles. The lowest BCUT2D eigenvalue weighted by Gasteiger charge is -2.37. The molecule has 0 spiro atoms. The molecule has 102 valence electrons. The van der Waals surface area contributed by atoms with Crippen molar-refractivity contribution < 1.29 is 4.92 Å². The lowest BCUT2D eigenvalue weighted by molar-refractivity contribution is -0.384. The minimum Gasteiger partial charge on any atom is -0.360 e. The van der Waals surface area contributed by atoms with Crippen LogP contribution in [0.5, 0.6) is 0 Å². The number of hydrogen-bond donors (Lipinski definition) is 1. The Morgan fingerprint density at radius 2 is 2.11 bits per heavy atom. The molecule has 0 saturated carbocycles. The zero-order valence-electron chi connectivity index (χ0n) is 11.3. The minimum atomic E-state index is -0.280. The summed E-state index contributed by atoms with van der Waals surface area (Å²) in [5.74, 6) is 1.15. The first-order chi connectivity index (χ1) is 9.01. The highest BCUT2D eigenvalue weighted by molar-refractivity contribution is 5.65. The third kappa shape index (κ3) is 1.80. The van der Waals surface area contributed by atoms with Gasteiger partial charge < -0.3 is 10.2 Å². The molecule has 5 heteroatoms. The molecule has 1 aromatic rings. The highest BCUT2D eigenvalue weighted by Gasteiger charge is 2.50. The molecule has 1 N–H and O–H groups in total. The number of rotatable bonds is 2. The Balaban J connectivity index is 2.01. The number of nitrogens with zero attached hydrogens (tertiary/aromatic N) is 2. The second-order valence-corrected chi connectivity index (χ2v) is 6.03. The maximum absolute atomic E-state index is 11.2. The van der Waals surface area contributed by atoms with Crippen LogP contribution in [0.1, 0.15) is 13.8 Å². The van der Waals surface area contributed by atoms with E-state index in [2.05, 4.69) is 24.1 Å². The van der Waals surface area contributed by atoms with E-state index in [1.165, 1.54) is 0 Å². The zero-order valence-corrected chi connectivity index (χ0v) is 11.3. The Kier molecular flexibility index (Phi) is 2.74. The number of nitro groups is 1. The molecule has 0 radical (unpaired) electrons. The zero-order chi connectivity index (χ0) is 13.6. The average molecular weight is 261 g/mol. The average Bonchev–Trinajstić information content (AvgIpc) is 2.92. The van der Waals surface area contributed by atoms with Gasteiger partial charge in [-0.15, -0.1) is 0 Å². The van der Waals surface area contributed by atoms with E-state index < -0.39 is 0 Å². The summed E-state index contributed by atoms with van der Waals surface area (Å²) < 4.78 is 0. The van der Waals surface area contributed by atoms with Crippen LogP contribution in [0.4, 0.5) is 11.4 Å². The van der Waals surface area contributed by atoms with Crippen molar-refractivity contribution in [1.82, 2.24) is 5.32 Å². The van der Waals surface area contributed by atoms with Gasteiger partial charge in [0, 0.05) is 31.2 Å². The second kappa shape index (κ2) is 4.20. The first-order valence-corrected chi connectivity index (χ1v) is 6.73. The van der Waals surface area contributed by atoms with Crippen molar-refractivity contribution in [2.75, 3.05) is 24.5 Å². The van der Waals surface area contributed by atoms with Crippen molar-refractivity contribution >= 4 is 11.4 Å². The van der Waals surface area contributed by atoms with Gasteiger partial charge in [0.05, 0.1) is 4.92 Å². The summed E-state index contributed by atoms with van der Waals surface area (Å²) in [6.45, 7) is 7.32. The summed E-state index contributed by atoms with van der Waals surface area (Å²) in [7, 11) is 0. The molecule has 3 rings (SSSR count). The van der Waals surface area contributed by atoms with Crippen LogP contribution in [-0.4, -0.2) is 30.1 Å². The summed E-state index contributed by atoms with van der Waals surface area (Å²) in [6, 6.07) is 7.07. The van der Waals surface area contributed by atoms with Gasteiger partial charge >= 0.3 is 0 Å². The minimum absolute atomic E-state index is 0.0414. The van der Waals surface area contributed by atoms with Crippen LogP contribution >= 0.6 is 0 Å². The Bertz CT molecular complexity index is 515. The third-order valence-electron chi connectivity index (χ3n) is 4.73. The fourth-order valence-electron chi connectivity index (χ4n) is 3.68. The van der Waals surface area contributed by atoms with Gasteiger partial charge in [-0.25, -0.2) is 0 Å². The fraction of sp³-hybridized carbons (Fsp3) is 0.571. The van der Waals surface area contributed by atoms with Gasteiger partial charge in [-0.2, -0.15) is 0 Å². The van der Waals surface area contributed by atoms with E-state index in [4.69, 9.17) is 0 Å². The largest absolute Gasteiger partial charge is 0.360 e. The number of anilines is 1. The number of nitrogens with one attached hydrogen (secondary N) is 1. The Labute approximate surface area is 112 Å². The van der Waals surface area contributed by atoms with E-state index in [1.54, 1.807) is 12.1 Å². The molecule has 2 fully saturated rings. The lowest BCUT2D eigenvalue weighted by Crippen LogP contribution is -2.44. The van der Waals surface area contributed by atoms with Crippen LogP contribution in [0.3, 0.4) is 0 Å². The summed E-state index contributed by atoms with van der Waals surface area (Å²) in [5.41, 5.74) is 0.927. The molecule has 1 aromatic carbocycles. The van der Waals surface area contributed by atoms with Crippen molar-refractivity contribution in [2.45, 2.75) is 19.4 Å². The summed E-state index contributed by atoms with van der Waals surface area (Å²) in [6.07, 6.45) is 0. The molecule has 2 unspecified atom stereocenters. The number of nitro benzene ring substituents is 1. The number of para-hydroxylation sites is 2. The Morgan fingerprint density at radius 1 is 1.37 bits per heavy atom. The molecule has 0 aromatic heterocycles. The van der Waals surface area contributed by atoms with Crippen LogP contribution in [0, 0.1) is 22.0 Å². The maximum Gasteiger partial charge on any atom is 0.292 e. The Morgan fingerprint density at radius 3 is 2.79 bits per heavy atom. The molecule has 2 aliphatic rings. The summed E-state index contributed by atoms with van der Waals surface area (Å²) >= 11 is 0. The normalized spacial score (nSPS) is 28.4. The Hall–Kier alpha value is -1.62. The van der Waals surface area contributed by atoms with E-state index in [0.717, 1.165) is 25.3 Å². The molecule has 2 aliphatic heterocycles. The van der Waals surface area contributed by atoms with Gasteiger partial charge in [-0.1, -0.05) is 12.1 Å². The third-order valence-corrected chi connectivity index (χ3v) is 4.73. The van der Waals surface area contributed by atoms with E-state index >= 15 is 0 Å². The number of hydrogen-bond acceptors (Lipinski definition) is 4. The SMILES string of the molecule is CC1(C)C2CNCC2CN1c1ccccc1[N+](=O)[O-]. The van der Waals surface area contributed by atoms with Crippen molar-refractivity contribution in [2.24, 2.45) is 11.8 Å². The maximum atomic E-state index is 11.2. The molecule has 19 heavy (non-hydrogen) atoms. The van der Waals surface area contributed by atoms with E-state index in [-0.39, 0.29) is 16.1 Å². The van der Waals surface area contributed by atoms with Gasteiger partial charge in [0.15, 0.2) is 0 Å². The molecular formula is C14H19N3O2. The van der Waals surface area contributed by atoms with Gasteiger partial charge in [0.2, 0.25) is 0 Å². The van der Waals surface area contributed by atoms with E-state index in [9.17, 15) is 10.1 Å². The summed E-state index contributed by atoms with van der Waals surface area (Å²) in [4.78, 5) is 13.1. The molecule has 0 amide bonds. The fourth-order valence-corrected chi connectivity index (χ4v) is 3.68. The number of benzene rings is 1. The molecule has 2 saturated heterocycles. The second-order valence-electron chi connectivity index (χ2n) is 6.03. The molecule has 2 heterocycles. The van der Waals surface area contributed by atoms with Crippen LogP contribution in [-0.2, 0) is 0 Å². The highest BCUT2D eigenvalue weighted by Crippen LogP contribution is 2.45. The summed E-state index contributed by atoms with van der Waals surface area (Å²) in [5, 5.41) is 14.6. The highest BCUT2D eigenvalue weighted by atomic mass is 16.6. The lowest BCUT2D eigenvalue weighted by atomic mass is 9.84. The van der Waals surface area contributed by atoms with Gasteiger partial charge in [-0.3, -0.25) is 10.1 Å².